The normalized spacial score (nSPS) is 11.0. The van der Waals surface area contributed by atoms with Gasteiger partial charge in [0.2, 0.25) is 5.91 Å². The fraction of sp³-hybridized carbons (Fsp3) is 0.294. The van der Waals surface area contributed by atoms with Crippen LogP contribution in [0.4, 0.5) is 0 Å². The SMILES string of the molecule is COCCCNC(=O)Cn1ccc2ccnc(-c3cccs3)c21. The zero-order valence-electron chi connectivity index (χ0n) is 13.0. The molecule has 0 aliphatic heterocycles. The van der Waals surface area contributed by atoms with Crippen LogP contribution in [0.1, 0.15) is 6.42 Å². The van der Waals surface area contributed by atoms with Gasteiger partial charge in [0.25, 0.3) is 0 Å². The zero-order valence-corrected chi connectivity index (χ0v) is 13.8. The van der Waals surface area contributed by atoms with Crippen molar-refractivity contribution in [2.75, 3.05) is 20.3 Å². The van der Waals surface area contributed by atoms with Crippen LogP contribution in [0.5, 0.6) is 0 Å². The van der Waals surface area contributed by atoms with Gasteiger partial charge in [0.1, 0.15) is 12.2 Å². The Bertz CT molecular complexity index is 780. The summed E-state index contributed by atoms with van der Waals surface area (Å²) in [5.74, 6) is -0.000384. The van der Waals surface area contributed by atoms with E-state index in [2.05, 4.69) is 16.4 Å². The van der Waals surface area contributed by atoms with Gasteiger partial charge in [-0.25, -0.2) is 0 Å². The molecule has 0 aliphatic carbocycles. The number of hydrogen-bond acceptors (Lipinski definition) is 4. The minimum atomic E-state index is -0.000384. The largest absolute Gasteiger partial charge is 0.385 e. The van der Waals surface area contributed by atoms with Crippen molar-refractivity contribution in [2.45, 2.75) is 13.0 Å². The quantitative estimate of drug-likeness (QED) is 0.678. The molecule has 0 saturated heterocycles. The lowest BCUT2D eigenvalue weighted by Gasteiger charge is -2.09. The van der Waals surface area contributed by atoms with Crippen molar-refractivity contribution in [3.63, 3.8) is 0 Å². The second kappa shape index (κ2) is 7.39. The number of carbonyl (C=O) groups is 1. The minimum absolute atomic E-state index is 0.000384. The maximum Gasteiger partial charge on any atom is 0.239 e. The number of hydrogen-bond donors (Lipinski definition) is 1. The summed E-state index contributed by atoms with van der Waals surface area (Å²) in [6, 6.07) is 8.05. The Labute approximate surface area is 138 Å². The van der Waals surface area contributed by atoms with E-state index in [-0.39, 0.29) is 5.91 Å². The van der Waals surface area contributed by atoms with E-state index in [1.54, 1.807) is 18.4 Å². The Morgan fingerprint density at radius 3 is 3.09 bits per heavy atom. The van der Waals surface area contributed by atoms with E-state index < -0.39 is 0 Å². The van der Waals surface area contributed by atoms with Crippen LogP contribution in [0.2, 0.25) is 0 Å². The summed E-state index contributed by atoms with van der Waals surface area (Å²) in [5, 5.41) is 6.04. The van der Waals surface area contributed by atoms with Gasteiger partial charge in [-0.3, -0.25) is 9.78 Å². The highest BCUT2D eigenvalue weighted by molar-refractivity contribution is 7.13. The van der Waals surface area contributed by atoms with E-state index >= 15 is 0 Å². The predicted molar refractivity (Wildman–Crippen MR) is 92.5 cm³/mol. The van der Waals surface area contributed by atoms with Gasteiger partial charge in [-0.1, -0.05) is 6.07 Å². The highest BCUT2D eigenvalue weighted by atomic mass is 32.1. The number of nitrogens with one attached hydrogen (secondary N) is 1. The molecule has 0 fully saturated rings. The summed E-state index contributed by atoms with van der Waals surface area (Å²) in [6.45, 7) is 1.57. The zero-order chi connectivity index (χ0) is 16.1. The van der Waals surface area contributed by atoms with Gasteiger partial charge in [0, 0.05) is 38.0 Å². The molecular formula is C17H19N3O2S. The molecule has 0 aromatic carbocycles. The van der Waals surface area contributed by atoms with E-state index in [0.29, 0.717) is 19.7 Å². The second-order valence-corrected chi connectivity index (χ2v) is 6.16. The molecule has 3 aromatic rings. The van der Waals surface area contributed by atoms with Crippen LogP contribution in [0.3, 0.4) is 0 Å². The first-order valence-corrected chi connectivity index (χ1v) is 8.41. The molecule has 0 unspecified atom stereocenters. The van der Waals surface area contributed by atoms with Crippen molar-refractivity contribution < 1.29 is 9.53 Å². The molecular weight excluding hydrogens is 310 g/mol. The third-order valence-electron chi connectivity index (χ3n) is 3.59. The molecule has 23 heavy (non-hydrogen) atoms. The first-order valence-electron chi connectivity index (χ1n) is 7.53. The maximum atomic E-state index is 12.1. The summed E-state index contributed by atoms with van der Waals surface area (Å²) in [6.07, 6.45) is 4.57. The van der Waals surface area contributed by atoms with E-state index in [1.807, 2.05) is 40.5 Å². The Kier molecular flexibility index (Phi) is 5.05. The summed E-state index contributed by atoms with van der Waals surface area (Å²) in [4.78, 5) is 17.7. The molecule has 0 bridgehead atoms. The van der Waals surface area contributed by atoms with Crippen molar-refractivity contribution in [3.05, 3.63) is 42.0 Å². The van der Waals surface area contributed by atoms with Crippen LogP contribution >= 0.6 is 11.3 Å². The lowest BCUT2D eigenvalue weighted by atomic mass is 10.2. The van der Waals surface area contributed by atoms with Crippen molar-refractivity contribution in [2.24, 2.45) is 0 Å². The first kappa shape index (κ1) is 15.7. The van der Waals surface area contributed by atoms with E-state index in [9.17, 15) is 4.79 Å². The van der Waals surface area contributed by atoms with Gasteiger partial charge >= 0.3 is 0 Å². The molecule has 0 saturated carbocycles. The van der Waals surface area contributed by atoms with Crippen molar-refractivity contribution in [3.8, 4) is 10.6 Å². The van der Waals surface area contributed by atoms with Crippen molar-refractivity contribution in [1.29, 1.82) is 0 Å². The highest BCUT2D eigenvalue weighted by Gasteiger charge is 2.12. The fourth-order valence-corrected chi connectivity index (χ4v) is 3.25. The molecule has 0 atom stereocenters. The summed E-state index contributed by atoms with van der Waals surface area (Å²) < 4.78 is 6.94. The highest BCUT2D eigenvalue weighted by Crippen LogP contribution is 2.30. The number of rotatable bonds is 7. The van der Waals surface area contributed by atoms with E-state index in [1.165, 1.54) is 0 Å². The van der Waals surface area contributed by atoms with Crippen LogP contribution in [-0.2, 0) is 16.1 Å². The Balaban J connectivity index is 1.80. The molecule has 6 heteroatoms. The third-order valence-corrected chi connectivity index (χ3v) is 4.47. The van der Waals surface area contributed by atoms with Gasteiger partial charge in [0.05, 0.1) is 10.4 Å². The lowest BCUT2D eigenvalue weighted by Crippen LogP contribution is -2.28. The molecule has 1 amide bonds. The third kappa shape index (κ3) is 3.60. The molecule has 3 heterocycles. The lowest BCUT2D eigenvalue weighted by molar-refractivity contribution is -0.121. The molecule has 5 nitrogen and oxygen atoms in total. The monoisotopic (exact) mass is 329 g/mol. The number of ether oxygens (including phenoxy) is 1. The standard InChI is InChI=1S/C17H19N3O2S/c1-22-10-3-7-18-15(21)12-20-9-6-13-5-8-19-16(17(13)20)14-4-2-11-23-14/h2,4-6,8-9,11H,3,7,10,12H2,1H3,(H,18,21). The Morgan fingerprint density at radius 1 is 1.39 bits per heavy atom. The maximum absolute atomic E-state index is 12.1. The summed E-state index contributed by atoms with van der Waals surface area (Å²) in [7, 11) is 1.66. The topological polar surface area (TPSA) is 56.1 Å². The van der Waals surface area contributed by atoms with Gasteiger partial charge in [-0.05, 0) is 30.0 Å². The molecule has 0 radical (unpaired) electrons. The van der Waals surface area contributed by atoms with Crippen LogP contribution in [0.25, 0.3) is 21.5 Å². The molecule has 120 valence electrons. The van der Waals surface area contributed by atoms with Crippen LogP contribution in [0.15, 0.2) is 42.0 Å². The van der Waals surface area contributed by atoms with Gasteiger partial charge < -0.3 is 14.6 Å². The number of amides is 1. The van der Waals surface area contributed by atoms with E-state index in [4.69, 9.17) is 4.74 Å². The Morgan fingerprint density at radius 2 is 2.30 bits per heavy atom. The van der Waals surface area contributed by atoms with Gasteiger partial charge in [-0.2, -0.15) is 0 Å². The number of aromatic nitrogens is 2. The smallest absolute Gasteiger partial charge is 0.239 e. The van der Waals surface area contributed by atoms with Gasteiger partial charge in [-0.15, -0.1) is 11.3 Å². The average Bonchev–Trinajstić information content (AvgIpc) is 3.22. The molecule has 1 N–H and O–H groups in total. The molecule has 0 spiro atoms. The number of nitrogens with zero attached hydrogens (tertiary/aromatic N) is 2. The number of fused-ring (bicyclic) bond motifs is 1. The van der Waals surface area contributed by atoms with Crippen LogP contribution in [0, 0.1) is 0 Å². The van der Waals surface area contributed by atoms with Gasteiger partial charge in [0.15, 0.2) is 0 Å². The fourth-order valence-electron chi connectivity index (χ4n) is 2.53. The number of pyridine rings is 1. The first-order chi connectivity index (χ1) is 11.3. The summed E-state index contributed by atoms with van der Waals surface area (Å²) >= 11 is 1.65. The molecule has 0 aliphatic rings. The van der Waals surface area contributed by atoms with Crippen LogP contribution < -0.4 is 5.32 Å². The number of carbonyl (C=O) groups excluding carboxylic acids is 1. The minimum Gasteiger partial charge on any atom is -0.385 e. The number of thiophene rings is 1. The average molecular weight is 329 g/mol. The summed E-state index contributed by atoms with van der Waals surface area (Å²) in [5.41, 5.74) is 1.93. The Hall–Kier alpha value is -2.18. The van der Waals surface area contributed by atoms with Crippen molar-refractivity contribution >= 4 is 28.1 Å². The van der Waals surface area contributed by atoms with Crippen molar-refractivity contribution in [1.82, 2.24) is 14.9 Å². The molecule has 3 rings (SSSR count). The predicted octanol–water partition coefficient (Wildman–Crippen LogP) is 2.92. The number of methoxy groups -OCH3 is 1. The second-order valence-electron chi connectivity index (χ2n) is 5.21. The molecule has 3 aromatic heterocycles. The van der Waals surface area contributed by atoms with Crippen LogP contribution in [-0.4, -0.2) is 35.7 Å². The van der Waals surface area contributed by atoms with E-state index in [0.717, 1.165) is 27.9 Å².